The van der Waals surface area contributed by atoms with E-state index in [0.717, 1.165) is 0 Å². The lowest BCUT2D eigenvalue weighted by Crippen LogP contribution is -2.52. The van der Waals surface area contributed by atoms with E-state index in [2.05, 4.69) is 14.9 Å². The number of hydrogen-bond acceptors (Lipinski definition) is 4. The molecule has 0 aromatic carbocycles. The molecule has 1 atom stereocenters. The first-order chi connectivity index (χ1) is 8.64. The maximum Gasteiger partial charge on any atom is 0.408 e. The second-order valence-electron chi connectivity index (χ2n) is 5.06. The zero-order valence-corrected chi connectivity index (χ0v) is 11.9. The summed E-state index contributed by atoms with van der Waals surface area (Å²) in [6.07, 6.45) is 2.18. The number of methoxy groups -OCH3 is 1. The van der Waals surface area contributed by atoms with Crippen LogP contribution in [0.2, 0.25) is 0 Å². The minimum Gasteiger partial charge on any atom is -0.467 e. The number of nitrogens with zero attached hydrogens (tertiary/aromatic N) is 1. The van der Waals surface area contributed by atoms with Crippen molar-refractivity contribution in [2.24, 2.45) is 0 Å². The van der Waals surface area contributed by atoms with E-state index in [1.165, 1.54) is 26.2 Å². The van der Waals surface area contributed by atoms with E-state index in [1.54, 1.807) is 20.8 Å². The average Bonchev–Trinajstić information content (AvgIpc) is 2.25. The molecule has 0 heterocycles. The first kappa shape index (κ1) is 17.0. The number of hydrogen-bond donors (Lipinski definition) is 1. The van der Waals surface area contributed by atoms with Gasteiger partial charge in [0.25, 0.3) is 0 Å². The maximum atomic E-state index is 11.7. The van der Waals surface area contributed by atoms with Crippen LogP contribution in [0.1, 0.15) is 27.7 Å². The summed E-state index contributed by atoms with van der Waals surface area (Å²) in [5, 5.41) is 2.43. The van der Waals surface area contributed by atoms with Gasteiger partial charge in [-0.05, 0) is 39.8 Å². The molecule has 0 aliphatic carbocycles. The summed E-state index contributed by atoms with van der Waals surface area (Å²) < 4.78 is 9.72. The third-order valence-electron chi connectivity index (χ3n) is 2.02. The molecule has 0 bridgehead atoms. The van der Waals surface area contributed by atoms with Crippen LogP contribution in [0.15, 0.2) is 12.2 Å². The van der Waals surface area contributed by atoms with Gasteiger partial charge in [0.15, 0.2) is 5.54 Å². The van der Waals surface area contributed by atoms with Gasteiger partial charge in [-0.2, -0.15) is 0 Å². The highest BCUT2D eigenvalue weighted by Crippen LogP contribution is 2.12. The van der Waals surface area contributed by atoms with Crippen molar-refractivity contribution in [2.45, 2.75) is 38.8 Å². The minimum absolute atomic E-state index is 0.114. The van der Waals surface area contributed by atoms with Gasteiger partial charge in [0, 0.05) is 0 Å². The number of nitrogens with one attached hydrogen (secondary N) is 1. The van der Waals surface area contributed by atoms with Gasteiger partial charge in [0.2, 0.25) is 6.54 Å². The highest BCUT2D eigenvalue weighted by molar-refractivity contribution is 5.87. The molecule has 0 saturated carbocycles. The van der Waals surface area contributed by atoms with Gasteiger partial charge in [0.05, 0.1) is 7.11 Å². The number of esters is 1. The van der Waals surface area contributed by atoms with Crippen molar-refractivity contribution in [3.8, 4) is 0 Å². The second kappa shape index (κ2) is 6.78. The van der Waals surface area contributed by atoms with Crippen LogP contribution < -0.4 is 5.32 Å². The van der Waals surface area contributed by atoms with Crippen molar-refractivity contribution in [3.05, 3.63) is 23.6 Å². The van der Waals surface area contributed by atoms with E-state index in [0.29, 0.717) is 0 Å². The molecular weight excluding hydrogens is 248 g/mol. The Hall–Kier alpha value is -2.03. The molecule has 0 fully saturated rings. The van der Waals surface area contributed by atoms with Crippen molar-refractivity contribution in [3.63, 3.8) is 0 Å². The molecule has 19 heavy (non-hydrogen) atoms. The van der Waals surface area contributed by atoms with Crippen LogP contribution in [0.3, 0.4) is 0 Å². The summed E-state index contributed by atoms with van der Waals surface area (Å²) in [6, 6.07) is 0. The van der Waals surface area contributed by atoms with Crippen molar-refractivity contribution in [1.29, 1.82) is 0 Å². The van der Waals surface area contributed by atoms with Crippen LogP contribution in [0.5, 0.6) is 0 Å². The van der Waals surface area contributed by atoms with Gasteiger partial charge in [-0.15, -0.1) is 0 Å². The molecule has 0 spiro atoms. The Morgan fingerprint density at radius 1 is 1.32 bits per heavy atom. The van der Waals surface area contributed by atoms with Crippen LogP contribution >= 0.6 is 0 Å². The molecular formula is C13H20N2O4. The Labute approximate surface area is 113 Å². The van der Waals surface area contributed by atoms with E-state index in [1.807, 2.05) is 0 Å². The largest absolute Gasteiger partial charge is 0.467 e. The van der Waals surface area contributed by atoms with Gasteiger partial charge in [-0.25, -0.2) is 16.2 Å². The Morgan fingerprint density at radius 3 is 2.32 bits per heavy atom. The van der Waals surface area contributed by atoms with E-state index >= 15 is 0 Å². The fraction of sp³-hybridized carbons (Fsp3) is 0.615. The summed E-state index contributed by atoms with van der Waals surface area (Å²) >= 11 is 0. The van der Waals surface area contributed by atoms with E-state index in [4.69, 9.17) is 11.3 Å². The second-order valence-corrected chi connectivity index (χ2v) is 5.06. The highest BCUT2D eigenvalue weighted by atomic mass is 16.6. The summed E-state index contributed by atoms with van der Waals surface area (Å²) in [7, 11) is 1.22. The van der Waals surface area contributed by atoms with Gasteiger partial charge in [-0.1, -0.05) is 0 Å². The quantitative estimate of drug-likeness (QED) is 0.480. The zero-order valence-electron chi connectivity index (χ0n) is 11.9. The summed E-state index contributed by atoms with van der Waals surface area (Å²) in [5.74, 6) is -0.639. The van der Waals surface area contributed by atoms with E-state index < -0.39 is 23.2 Å². The van der Waals surface area contributed by atoms with Gasteiger partial charge in [-0.3, -0.25) is 0 Å². The number of rotatable bonds is 4. The molecule has 0 aromatic heterocycles. The molecule has 0 unspecified atom stereocenters. The fourth-order valence-electron chi connectivity index (χ4n) is 1.23. The number of carbonyl (C=O) groups excluding carboxylic acids is 2. The zero-order chi connectivity index (χ0) is 15.1. The smallest absolute Gasteiger partial charge is 0.408 e. The van der Waals surface area contributed by atoms with Crippen LogP contribution in [-0.2, 0) is 14.3 Å². The Bertz CT molecular complexity index is 404. The highest BCUT2D eigenvalue weighted by Gasteiger charge is 2.35. The molecule has 0 aliphatic heterocycles. The first-order valence-electron chi connectivity index (χ1n) is 5.75. The molecule has 0 rings (SSSR count). The maximum absolute atomic E-state index is 11.7. The molecule has 1 N–H and O–H groups in total. The third-order valence-corrected chi connectivity index (χ3v) is 2.02. The van der Waals surface area contributed by atoms with Gasteiger partial charge < -0.3 is 19.6 Å². The molecule has 1 amide bonds. The van der Waals surface area contributed by atoms with Crippen molar-refractivity contribution in [1.82, 2.24) is 5.32 Å². The third kappa shape index (κ3) is 6.46. The van der Waals surface area contributed by atoms with Crippen LogP contribution in [0.4, 0.5) is 4.79 Å². The predicted molar refractivity (Wildman–Crippen MR) is 70.4 cm³/mol. The Kier molecular flexibility index (Phi) is 6.06. The van der Waals surface area contributed by atoms with Crippen LogP contribution in [-0.4, -0.2) is 36.9 Å². The molecule has 106 valence electrons. The Balaban J connectivity index is 4.93. The lowest BCUT2D eigenvalue weighted by Gasteiger charge is -2.27. The summed E-state index contributed by atoms with van der Waals surface area (Å²) in [6.45, 7) is 13.4. The predicted octanol–water partition coefficient (Wildman–Crippen LogP) is 1.92. The molecule has 6 nitrogen and oxygen atoms in total. The standard InChI is InChI=1S/C13H20N2O4/c1-12(2,3)19-11(17)15-13(4,10(16)18-6)8-7-9-14-5/h7-8H,9H2,1-4,6H3,(H,15,17)/b8-7-/t13-/m0/s1. The monoisotopic (exact) mass is 268 g/mol. The lowest BCUT2D eigenvalue weighted by molar-refractivity contribution is -0.145. The average molecular weight is 268 g/mol. The van der Waals surface area contributed by atoms with E-state index in [9.17, 15) is 9.59 Å². The Morgan fingerprint density at radius 2 is 1.89 bits per heavy atom. The minimum atomic E-state index is -1.36. The number of carbonyl (C=O) groups is 2. The SMILES string of the molecule is [C-]#[N+]C/C=C\[C@](C)(NC(=O)OC(C)(C)C)C(=O)OC. The number of alkyl carbamates (subject to hydrolysis) is 1. The van der Waals surface area contributed by atoms with Crippen molar-refractivity contribution < 1.29 is 19.1 Å². The van der Waals surface area contributed by atoms with Crippen LogP contribution in [0.25, 0.3) is 4.85 Å². The molecule has 0 aliphatic rings. The normalized spacial score (nSPS) is 14.3. The van der Waals surface area contributed by atoms with E-state index in [-0.39, 0.29) is 6.54 Å². The van der Waals surface area contributed by atoms with Crippen molar-refractivity contribution >= 4 is 12.1 Å². The molecule has 0 radical (unpaired) electrons. The summed E-state index contributed by atoms with van der Waals surface area (Å²) in [5.41, 5.74) is -2.02. The lowest BCUT2D eigenvalue weighted by atomic mass is 10.0. The van der Waals surface area contributed by atoms with Crippen molar-refractivity contribution in [2.75, 3.05) is 13.7 Å². The molecule has 6 heteroatoms. The van der Waals surface area contributed by atoms with Crippen LogP contribution in [0, 0.1) is 6.57 Å². The van der Waals surface area contributed by atoms with Gasteiger partial charge in [0.1, 0.15) is 5.60 Å². The van der Waals surface area contributed by atoms with Gasteiger partial charge >= 0.3 is 12.1 Å². The fourth-order valence-corrected chi connectivity index (χ4v) is 1.23. The molecule has 0 aromatic rings. The first-order valence-corrected chi connectivity index (χ1v) is 5.75. The summed E-state index contributed by atoms with van der Waals surface area (Å²) in [4.78, 5) is 26.5. The topological polar surface area (TPSA) is 69.0 Å². The number of ether oxygens (including phenoxy) is 2. The number of amides is 1. The molecule has 0 saturated heterocycles.